The third-order valence-corrected chi connectivity index (χ3v) is 4.00. The molecule has 0 aliphatic rings. The quantitative estimate of drug-likeness (QED) is 0.842. The Kier molecular flexibility index (Phi) is 4.25. The van der Waals surface area contributed by atoms with Gasteiger partial charge in [0, 0.05) is 16.1 Å². The first kappa shape index (κ1) is 13.4. The fraction of sp³-hybridized carbons (Fsp3) is 0.357. The average Bonchev–Trinajstić information content (AvgIpc) is 2.71. The Labute approximate surface area is 116 Å². The molecule has 1 amide bonds. The molecule has 0 fully saturated rings. The summed E-state index contributed by atoms with van der Waals surface area (Å²) in [6.07, 6.45) is 0.776. The van der Waals surface area contributed by atoms with Crippen molar-refractivity contribution in [2.75, 3.05) is 0 Å². The summed E-state index contributed by atoms with van der Waals surface area (Å²) in [5, 5.41) is 4.16. The average molecular weight is 282 g/mol. The normalized spacial score (nSPS) is 14.4. The van der Waals surface area contributed by atoms with Gasteiger partial charge >= 0.3 is 0 Å². The van der Waals surface area contributed by atoms with Gasteiger partial charge in [-0.2, -0.15) is 0 Å². The molecule has 0 radical (unpaired) electrons. The number of benzene rings is 1. The lowest BCUT2D eigenvalue weighted by molar-refractivity contribution is 0.0942. The van der Waals surface area contributed by atoms with E-state index in [4.69, 9.17) is 11.6 Å². The molecule has 1 heterocycles. The predicted octanol–water partition coefficient (Wildman–Crippen LogP) is 4.04. The lowest BCUT2D eigenvalue weighted by Crippen LogP contribution is -2.33. The van der Waals surface area contributed by atoms with E-state index >= 15 is 0 Å². The second-order valence-electron chi connectivity index (χ2n) is 4.54. The number of hydrogen-bond donors (Lipinski definition) is 1. The van der Waals surface area contributed by atoms with E-state index in [9.17, 15) is 4.79 Å². The van der Waals surface area contributed by atoms with Crippen LogP contribution in [-0.4, -0.2) is 17.3 Å². The van der Waals surface area contributed by atoms with Crippen molar-refractivity contribution in [3.8, 4) is 0 Å². The molecule has 1 aromatic carbocycles. The standard InChI is InChI=1S/C14H16ClNOS/c1-9(15)7-10(2)16-14(17)13-8-11-5-3-4-6-12(11)18-13/h3-6,8-10H,7H2,1-2H3,(H,16,17). The molecule has 2 atom stereocenters. The number of carbonyl (C=O) groups is 1. The monoisotopic (exact) mass is 281 g/mol. The third kappa shape index (κ3) is 3.24. The van der Waals surface area contributed by atoms with Crippen LogP contribution in [0.2, 0.25) is 0 Å². The van der Waals surface area contributed by atoms with Crippen LogP contribution in [0.4, 0.5) is 0 Å². The van der Waals surface area contributed by atoms with Crippen molar-refractivity contribution in [2.45, 2.75) is 31.7 Å². The van der Waals surface area contributed by atoms with Gasteiger partial charge in [-0.15, -0.1) is 22.9 Å². The zero-order valence-electron chi connectivity index (χ0n) is 10.4. The van der Waals surface area contributed by atoms with Crippen LogP contribution in [0.15, 0.2) is 30.3 Å². The van der Waals surface area contributed by atoms with Crippen molar-refractivity contribution < 1.29 is 4.79 Å². The van der Waals surface area contributed by atoms with E-state index in [-0.39, 0.29) is 17.3 Å². The van der Waals surface area contributed by atoms with Gasteiger partial charge in [-0.1, -0.05) is 18.2 Å². The Hall–Kier alpha value is -1.06. The second-order valence-corrected chi connectivity index (χ2v) is 6.37. The van der Waals surface area contributed by atoms with Crippen LogP contribution in [0.5, 0.6) is 0 Å². The maximum atomic E-state index is 12.1. The van der Waals surface area contributed by atoms with Gasteiger partial charge in [0.15, 0.2) is 0 Å². The van der Waals surface area contributed by atoms with E-state index in [1.807, 2.05) is 44.2 Å². The number of amides is 1. The van der Waals surface area contributed by atoms with Crippen LogP contribution in [-0.2, 0) is 0 Å². The zero-order valence-corrected chi connectivity index (χ0v) is 12.0. The Morgan fingerprint density at radius 2 is 2.11 bits per heavy atom. The summed E-state index contributed by atoms with van der Waals surface area (Å²) in [5.74, 6) is -0.0129. The topological polar surface area (TPSA) is 29.1 Å². The van der Waals surface area contributed by atoms with E-state index in [0.29, 0.717) is 0 Å². The molecule has 2 rings (SSSR count). The van der Waals surface area contributed by atoms with Gasteiger partial charge in [-0.3, -0.25) is 4.79 Å². The van der Waals surface area contributed by atoms with Crippen molar-refractivity contribution in [1.82, 2.24) is 5.32 Å². The summed E-state index contributed by atoms with van der Waals surface area (Å²) in [7, 11) is 0. The molecular formula is C14H16ClNOS. The molecule has 96 valence electrons. The van der Waals surface area contributed by atoms with Crippen molar-refractivity contribution in [1.29, 1.82) is 0 Å². The maximum Gasteiger partial charge on any atom is 0.261 e. The Balaban J connectivity index is 2.09. The molecule has 1 N–H and O–H groups in total. The van der Waals surface area contributed by atoms with Gasteiger partial charge in [0.25, 0.3) is 5.91 Å². The molecule has 0 bridgehead atoms. The Morgan fingerprint density at radius 1 is 1.39 bits per heavy atom. The van der Waals surface area contributed by atoms with Crippen LogP contribution in [0.3, 0.4) is 0 Å². The van der Waals surface area contributed by atoms with Gasteiger partial charge in [0.05, 0.1) is 4.88 Å². The molecule has 0 saturated carbocycles. The Morgan fingerprint density at radius 3 is 2.78 bits per heavy atom. The molecule has 2 nitrogen and oxygen atoms in total. The smallest absolute Gasteiger partial charge is 0.261 e. The molecule has 2 aromatic rings. The van der Waals surface area contributed by atoms with E-state index in [1.165, 1.54) is 11.3 Å². The summed E-state index contributed by atoms with van der Waals surface area (Å²) in [4.78, 5) is 12.8. The van der Waals surface area contributed by atoms with Crippen LogP contribution in [0, 0.1) is 0 Å². The van der Waals surface area contributed by atoms with E-state index in [2.05, 4.69) is 5.32 Å². The van der Waals surface area contributed by atoms with Crippen LogP contribution in [0.25, 0.3) is 10.1 Å². The number of halogens is 1. The van der Waals surface area contributed by atoms with Crippen LogP contribution >= 0.6 is 22.9 Å². The van der Waals surface area contributed by atoms with Crippen molar-refractivity contribution in [3.05, 3.63) is 35.2 Å². The number of hydrogen-bond acceptors (Lipinski definition) is 2. The molecule has 18 heavy (non-hydrogen) atoms. The number of carbonyl (C=O) groups excluding carboxylic acids is 1. The molecular weight excluding hydrogens is 266 g/mol. The minimum atomic E-state index is -0.0129. The van der Waals surface area contributed by atoms with Gasteiger partial charge in [0.1, 0.15) is 0 Å². The highest BCUT2D eigenvalue weighted by Crippen LogP contribution is 2.25. The van der Waals surface area contributed by atoms with E-state index in [0.717, 1.165) is 21.4 Å². The first-order valence-corrected chi connectivity index (χ1v) is 7.25. The summed E-state index contributed by atoms with van der Waals surface area (Å²) < 4.78 is 1.14. The number of fused-ring (bicyclic) bond motifs is 1. The lowest BCUT2D eigenvalue weighted by atomic mass is 10.2. The highest BCUT2D eigenvalue weighted by molar-refractivity contribution is 7.20. The largest absolute Gasteiger partial charge is 0.349 e. The number of nitrogens with one attached hydrogen (secondary N) is 1. The predicted molar refractivity (Wildman–Crippen MR) is 78.7 cm³/mol. The first-order valence-electron chi connectivity index (χ1n) is 6.00. The Bertz CT molecular complexity index is 516. The first-order chi connectivity index (χ1) is 8.56. The minimum absolute atomic E-state index is 0.0129. The number of rotatable bonds is 4. The molecule has 0 spiro atoms. The fourth-order valence-electron chi connectivity index (χ4n) is 1.93. The molecule has 1 aromatic heterocycles. The van der Waals surface area contributed by atoms with Gasteiger partial charge in [-0.25, -0.2) is 0 Å². The summed E-state index contributed by atoms with van der Waals surface area (Å²) in [6, 6.07) is 10.0. The second kappa shape index (κ2) is 5.72. The van der Waals surface area contributed by atoms with Crippen molar-refractivity contribution in [2.24, 2.45) is 0 Å². The van der Waals surface area contributed by atoms with Crippen molar-refractivity contribution >= 4 is 38.9 Å². The number of thiophene rings is 1. The van der Waals surface area contributed by atoms with Gasteiger partial charge < -0.3 is 5.32 Å². The van der Waals surface area contributed by atoms with Crippen molar-refractivity contribution in [3.63, 3.8) is 0 Å². The van der Waals surface area contributed by atoms with Crippen LogP contribution < -0.4 is 5.32 Å². The molecule has 0 saturated heterocycles. The molecule has 2 unspecified atom stereocenters. The van der Waals surface area contributed by atoms with E-state index < -0.39 is 0 Å². The van der Waals surface area contributed by atoms with Crippen LogP contribution in [0.1, 0.15) is 29.9 Å². The van der Waals surface area contributed by atoms with E-state index in [1.54, 1.807) is 0 Å². The zero-order chi connectivity index (χ0) is 13.1. The summed E-state index contributed by atoms with van der Waals surface area (Å²) >= 11 is 7.44. The highest BCUT2D eigenvalue weighted by Gasteiger charge is 2.13. The maximum absolute atomic E-state index is 12.1. The minimum Gasteiger partial charge on any atom is -0.349 e. The summed E-state index contributed by atoms with van der Waals surface area (Å²) in [5.41, 5.74) is 0. The number of alkyl halides is 1. The highest BCUT2D eigenvalue weighted by atomic mass is 35.5. The van der Waals surface area contributed by atoms with Gasteiger partial charge in [-0.05, 0) is 37.8 Å². The molecule has 0 aliphatic heterocycles. The summed E-state index contributed by atoms with van der Waals surface area (Å²) in [6.45, 7) is 3.91. The third-order valence-electron chi connectivity index (χ3n) is 2.71. The molecule has 4 heteroatoms. The lowest BCUT2D eigenvalue weighted by Gasteiger charge is -2.14. The fourth-order valence-corrected chi connectivity index (χ4v) is 3.17. The molecule has 0 aliphatic carbocycles. The SMILES string of the molecule is CC(Cl)CC(C)NC(=O)c1cc2ccccc2s1. The van der Waals surface area contributed by atoms with Gasteiger partial charge in [0.2, 0.25) is 0 Å².